The minimum atomic E-state index is -4.39. The van der Waals surface area contributed by atoms with Crippen LogP contribution in [-0.2, 0) is 6.54 Å². The van der Waals surface area contributed by atoms with Gasteiger partial charge in [0.05, 0.1) is 0 Å². The summed E-state index contributed by atoms with van der Waals surface area (Å²) in [5.41, 5.74) is 0.492. The molecule has 0 radical (unpaired) electrons. The van der Waals surface area contributed by atoms with Crippen molar-refractivity contribution in [2.24, 2.45) is 11.8 Å². The highest BCUT2D eigenvalue weighted by Gasteiger charge is 2.40. The van der Waals surface area contributed by atoms with Crippen LogP contribution in [-0.4, -0.2) is 10.7 Å². The number of pyridine rings is 1. The van der Waals surface area contributed by atoms with Crippen molar-refractivity contribution in [2.45, 2.75) is 38.9 Å². The third-order valence-corrected chi connectivity index (χ3v) is 4.48. The van der Waals surface area contributed by atoms with Crippen LogP contribution >= 0.6 is 0 Å². The first-order chi connectivity index (χ1) is 10.3. The van der Waals surface area contributed by atoms with Gasteiger partial charge in [0.1, 0.15) is 6.54 Å². The fourth-order valence-electron chi connectivity index (χ4n) is 3.18. The van der Waals surface area contributed by atoms with Crippen LogP contribution in [0.2, 0.25) is 0 Å². The molecule has 0 aliphatic heterocycles. The van der Waals surface area contributed by atoms with Crippen LogP contribution in [0.3, 0.4) is 0 Å². The van der Waals surface area contributed by atoms with Crippen LogP contribution < -0.4 is 5.56 Å². The molecule has 22 heavy (non-hydrogen) atoms. The summed E-state index contributed by atoms with van der Waals surface area (Å²) < 4.78 is 38.3. The van der Waals surface area contributed by atoms with E-state index in [-0.39, 0.29) is 0 Å². The Hall–Kier alpha value is -1.78. The summed E-state index contributed by atoms with van der Waals surface area (Å²) in [7, 11) is 0. The Labute approximate surface area is 126 Å². The number of nitrogens with zero attached hydrogens (tertiary/aromatic N) is 1. The van der Waals surface area contributed by atoms with E-state index >= 15 is 0 Å². The number of benzene rings is 1. The van der Waals surface area contributed by atoms with Gasteiger partial charge in [0, 0.05) is 11.6 Å². The summed E-state index contributed by atoms with van der Waals surface area (Å²) in [6.07, 6.45) is -2.09. The van der Waals surface area contributed by atoms with Gasteiger partial charge in [-0.2, -0.15) is 13.2 Å². The van der Waals surface area contributed by atoms with E-state index < -0.39 is 18.3 Å². The predicted molar refractivity (Wildman–Crippen MR) is 79.9 cm³/mol. The third-order valence-electron chi connectivity index (χ3n) is 4.48. The van der Waals surface area contributed by atoms with Crippen molar-refractivity contribution in [2.75, 3.05) is 0 Å². The topological polar surface area (TPSA) is 22.0 Å². The molecule has 0 bridgehead atoms. The maximum absolute atomic E-state index is 12.5. The fourth-order valence-corrected chi connectivity index (χ4v) is 3.18. The van der Waals surface area contributed by atoms with Crippen molar-refractivity contribution < 1.29 is 13.2 Å². The molecule has 1 aromatic carbocycles. The molecule has 1 saturated carbocycles. The highest BCUT2D eigenvalue weighted by atomic mass is 19.4. The highest BCUT2D eigenvalue weighted by Crippen LogP contribution is 2.51. The van der Waals surface area contributed by atoms with Crippen molar-refractivity contribution in [3.63, 3.8) is 0 Å². The zero-order valence-electron chi connectivity index (χ0n) is 12.5. The Bertz CT molecular complexity index is 761. The quantitative estimate of drug-likeness (QED) is 0.827. The molecule has 5 heteroatoms. The predicted octanol–water partition coefficient (Wildman–Crippen LogP) is 4.32. The van der Waals surface area contributed by atoms with Gasteiger partial charge >= 0.3 is 6.18 Å². The summed E-state index contributed by atoms with van der Waals surface area (Å²) in [4.78, 5) is 12.3. The lowest BCUT2D eigenvalue weighted by molar-refractivity contribution is -0.141. The van der Waals surface area contributed by atoms with Crippen molar-refractivity contribution in [3.8, 4) is 0 Å². The second-order valence-electron chi connectivity index (χ2n) is 6.46. The van der Waals surface area contributed by atoms with Gasteiger partial charge in [-0.1, -0.05) is 26.0 Å². The Kier molecular flexibility index (Phi) is 3.54. The second kappa shape index (κ2) is 5.14. The standard InChI is InChI=1S/C17H18F3NO/c1-10(2)13-8-14(13)12-4-3-11-5-6-21(9-17(18,19)20)16(22)15(11)7-12/h3-7,10,13-14H,8-9H2,1-2H3/t13-,14-/m1/s1. The van der Waals surface area contributed by atoms with Crippen LogP contribution in [0, 0.1) is 11.8 Å². The van der Waals surface area contributed by atoms with Crippen LogP contribution in [0.15, 0.2) is 35.3 Å². The second-order valence-corrected chi connectivity index (χ2v) is 6.46. The number of hydrogen-bond donors (Lipinski definition) is 0. The molecular weight excluding hydrogens is 291 g/mol. The molecule has 0 amide bonds. The molecule has 0 unspecified atom stereocenters. The van der Waals surface area contributed by atoms with Crippen LogP contribution in [0.1, 0.15) is 31.7 Å². The zero-order chi connectivity index (χ0) is 16.1. The normalized spacial score (nSPS) is 21.5. The van der Waals surface area contributed by atoms with Gasteiger partial charge in [-0.25, -0.2) is 0 Å². The highest BCUT2D eigenvalue weighted by molar-refractivity contribution is 5.82. The van der Waals surface area contributed by atoms with Gasteiger partial charge in [0.25, 0.3) is 5.56 Å². The molecule has 2 atom stereocenters. The Morgan fingerprint density at radius 2 is 2.00 bits per heavy atom. The molecule has 2 nitrogen and oxygen atoms in total. The largest absolute Gasteiger partial charge is 0.406 e. The van der Waals surface area contributed by atoms with Gasteiger partial charge in [-0.3, -0.25) is 4.79 Å². The lowest BCUT2D eigenvalue weighted by Crippen LogP contribution is -2.27. The van der Waals surface area contributed by atoms with Crippen LogP contribution in [0.4, 0.5) is 13.2 Å². The summed E-state index contributed by atoms with van der Waals surface area (Å²) in [5, 5.41) is 1.06. The lowest BCUT2D eigenvalue weighted by Gasteiger charge is -2.11. The summed E-state index contributed by atoms with van der Waals surface area (Å²) in [6.45, 7) is 3.09. The molecule has 0 saturated heterocycles. The van der Waals surface area contributed by atoms with Crippen molar-refractivity contribution in [1.82, 2.24) is 4.57 Å². The molecule has 3 rings (SSSR count). The molecule has 1 fully saturated rings. The van der Waals surface area contributed by atoms with Gasteiger partial charge in [-0.05, 0) is 47.3 Å². The Morgan fingerprint density at radius 3 is 2.59 bits per heavy atom. The SMILES string of the molecule is CC(C)[C@H]1C[C@@H]1c1ccc2ccn(CC(F)(F)F)c(=O)c2c1. The number of rotatable bonds is 3. The van der Waals surface area contributed by atoms with E-state index in [0.29, 0.717) is 28.5 Å². The maximum atomic E-state index is 12.5. The number of halogens is 3. The van der Waals surface area contributed by atoms with Crippen molar-refractivity contribution >= 4 is 10.8 Å². The van der Waals surface area contributed by atoms with E-state index in [9.17, 15) is 18.0 Å². The molecule has 1 aromatic heterocycles. The average molecular weight is 309 g/mol. The molecular formula is C17H18F3NO. The minimum absolute atomic E-state index is 0.374. The Morgan fingerprint density at radius 1 is 1.27 bits per heavy atom. The summed E-state index contributed by atoms with van der Waals surface area (Å²) in [5.74, 6) is 1.62. The van der Waals surface area contributed by atoms with Crippen molar-refractivity contribution in [3.05, 3.63) is 46.4 Å². The summed E-state index contributed by atoms with van der Waals surface area (Å²) in [6, 6.07) is 7.17. The van der Waals surface area contributed by atoms with E-state index in [2.05, 4.69) is 13.8 Å². The molecule has 0 N–H and O–H groups in total. The summed E-state index contributed by atoms with van der Waals surface area (Å²) >= 11 is 0. The van der Waals surface area contributed by atoms with Gasteiger partial charge in [0.15, 0.2) is 0 Å². The monoisotopic (exact) mass is 309 g/mol. The first-order valence-electron chi connectivity index (χ1n) is 7.46. The molecule has 118 valence electrons. The third kappa shape index (κ3) is 2.89. The fraction of sp³-hybridized carbons (Fsp3) is 0.471. The molecule has 1 aliphatic rings. The van der Waals surface area contributed by atoms with Gasteiger partial charge in [0.2, 0.25) is 0 Å². The van der Waals surface area contributed by atoms with Crippen LogP contribution in [0.25, 0.3) is 10.8 Å². The van der Waals surface area contributed by atoms with Crippen LogP contribution in [0.5, 0.6) is 0 Å². The molecule has 0 spiro atoms. The number of fused-ring (bicyclic) bond motifs is 1. The minimum Gasteiger partial charge on any atom is -0.306 e. The maximum Gasteiger partial charge on any atom is 0.406 e. The number of alkyl halides is 3. The smallest absolute Gasteiger partial charge is 0.306 e. The van der Waals surface area contributed by atoms with E-state index in [1.54, 1.807) is 12.1 Å². The zero-order valence-corrected chi connectivity index (χ0v) is 12.5. The van der Waals surface area contributed by atoms with Gasteiger partial charge in [-0.15, -0.1) is 0 Å². The molecule has 1 aliphatic carbocycles. The number of aromatic nitrogens is 1. The van der Waals surface area contributed by atoms with E-state index in [0.717, 1.165) is 16.6 Å². The first-order valence-corrected chi connectivity index (χ1v) is 7.46. The van der Waals surface area contributed by atoms with E-state index in [4.69, 9.17) is 0 Å². The molecule has 2 aromatic rings. The van der Waals surface area contributed by atoms with Crippen molar-refractivity contribution in [1.29, 1.82) is 0 Å². The first kappa shape index (κ1) is 15.1. The Balaban J connectivity index is 2.00. The lowest BCUT2D eigenvalue weighted by atomic mass is 10.0. The van der Waals surface area contributed by atoms with Gasteiger partial charge < -0.3 is 4.57 Å². The van der Waals surface area contributed by atoms with E-state index in [1.165, 1.54) is 6.20 Å². The van der Waals surface area contributed by atoms with E-state index in [1.807, 2.05) is 12.1 Å². The average Bonchev–Trinajstić information content (AvgIpc) is 3.21. The number of hydrogen-bond acceptors (Lipinski definition) is 1. The molecule has 1 heterocycles.